The van der Waals surface area contributed by atoms with Crippen LogP contribution in [0.25, 0.3) is 0 Å². The lowest BCUT2D eigenvalue weighted by Crippen LogP contribution is -2.41. The van der Waals surface area contributed by atoms with Gasteiger partial charge in [0.25, 0.3) is 0 Å². The molecule has 1 amide bonds. The van der Waals surface area contributed by atoms with Gasteiger partial charge in [0.15, 0.2) is 0 Å². The van der Waals surface area contributed by atoms with E-state index in [1.807, 2.05) is 0 Å². The van der Waals surface area contributed by atoms with E-state index in [-0.39, 0.29) is 5.69 Å². The van der Waals surface area contributed by atoms with Crippen molar-refractivity contribution in [1.82, 2.24) is 5.32 Å². The van der Waals surface area contributed by atoms with E-state index in [2.05, 4.69) is 5.32 Å². The standard InChI is InChI=1S/C18H18F4N2O3S/c1-12(13-6-8-15(19)9-7-13)23-17(25)11-24(28(2,26)27)16-5-3-4-14(10-16)18(20,21)22/h3-10,12H,11H2,1-2H3,(H,23,25)/t12-/m0/s1. The number of hydrogen-bond acceptors (Lipinski definition) is 3. The lowest BCUT2D eigenvalue weighted by molar-refractivity contribution is -0.137. The van der Waals surface area contributed by atoms with Crippen LogP contribution in [0.5, 0.6) is 0 Å². The molecule has 0 spiro atoms. The number of benzene rings is 2. The Hall–Kier alpha value is -2.62. The number of carbonyl (C=O) groups excluding carboxylic acids is 1. The average molecular weight is 418 g/mol. The molecule has 0 bridgehead atoms. The molecule has 0 saturated heterocycles. The fourth-order valence-electron chi connectivity index (χ4n) is 2.49. The third-order valence-corrected chi connectivity index (χ3v) is 5.04. The molecule has 0 aliphatic carbocycles. The molecule has 5 nitrogen and oxygen atoms in total. The van der Waals surface area contributed by atoms with Crippen LogP contribution in [-0.2, 0) is 21.0 Å². The summed E-state index contributed by atoms with van der Waals surface area (Å²) in [5, 5.41) is 2.54. The molecule has 2 rings (SSSR count). The number of carbonyl (C=O) groups is 1. The van der Waals surface area contributed by atoms with Gasteiger partial charge in [-0.15, -0.1) is 0 Å². The van der Waals surface area contributed by atoms with Crippen LogP contribution in [0.1, 0.15) is 24.1 Å². The topological polar surface area (TPSA) is 66.5 Å². The van der Waals surface area contributed by atoms with Gasteiger partial charge in [-0.2, -0.15) is 13.2 Å². The quantitative estimate of drug-likeness (QED) is 0.731. The minimum Gasteiger partial charge on any atom is -0.348 e. The monoisotopic (exact) mass is 418 g/mol. The Kier molecular flexibility index (Phi) is 6.33. The number of rotatable bonds is 6. The van der Waals surface area contributed by atoms with Crippen LogP contribution in [0, 0.1) is 5.82 Å². The first kappa shape index (κ1) is 21.7. The van der Waals surface area contributed by atoms with Gasteiger partial charge in [-0.1, -0.05) is 18.2 Å². The number of hydrogen-bond donors (Lipinski definition) is 1. The van der Waals surface area contributed by atoms with Gasteiger partial charge in [0.1, 0.15) is 12.4 Å². The van der Waals surface area contributed by atoms with Crippen molar-refractivity contribution in [3.05, 3.63) is 65.5 Å². The summed E-state index contributed by atoms with van der Waals surface area (Å²) < 4.78 is 76.4. The molecular weight excluding hydrogens is 400 g/mol. The van der Waals surface area contributed by atoms with E-state index in [0.717, 1.165) is 18.4 Å². The molecule has 1 N–H and O–H groups in total. The average Bonchev–Trinajstić information content (AvgIpc) is 2.58. The number of halogens is 4. The Morgan fingerprint density at radius 2 is 1.75 bits per heavy atom. The van der Waals surface area contributed by atoms with E-state index in [4.69, 9.17) is 0 Å². The van der Waals surface area contributed by atoms with Crippen LogP contribution >= 0.6 is 0 Å². The number of sulfonamides is 1. The second-order valence-electron chi connectivity index (χ2n) is 6.16. The van der Waals surface area contributed by atoms with E-state index >= 15 is 0 Å². The predicted octanol–water partition coefficient (Wildman–Crippen LogP) is 3.49. The van der Waals surface area contributed by atoms with Crippen molar-refractivity contribution in [1.29, 1.82) is 0 Å². The predicted molar refractivity (Wildman–Crippen MR) is 96.6 cm³/mol. The van der Waals surface area contributed by atoms with E-state index in [0.29, 0.717) is 15.9 Å². The summed E-state index contributed by atoms with van der Waals surface area (Å²) in [5.41, 5.74) is -0.722. The summed E-state index contributed by atoms with van der Waals surface area (Å²) in [7, 11) is -4.03. The molecule has 10 heteroatoms. The number of nitrogens with zero attached hydrogens (tertiary/aromatic N) is 1. The summed E-state index contributed by atoms with van der Waals surface area (Å²) in [5.74, 6) is -1.17. The zero-order chi connectivity index (χ0) is 21.1. The van der Waals surface area contributed by atoms with Crippen LogP contribution in [0.4, 0.5) is 23.2 Å². The third kappa shape index (κ3) is 5.69. The largest absolute Gasteiger partial charge is 0.416 e. The number of nitrogens with one attached hydrogen (secondary N) is 1. The maximum absolute atomic E-state index is 13.0. The van der Waals surface area contributed by atoms with Gasteiger partial charge in [-0.3, -0.25) is 9.10 Å². The van der Waals surface area contributed by atoms with Gasteiger partial charge in [0.05, 0.1) is 23.5 Å². The SMILES string of the molecule is C[C@H](NC(=O)CN(c1cccc(C(F)(F)F)c1)S(C)(=O)=O)c1ccc(F)cc1. The van der Waals surface area contributed by atoms with Crippen molar-refractivity contribution in [2.75, 3.05) is 17.1 Å². The minimum atomic E-state index is -4.65. The lowest BCUT2D eigenvalue weighted by atomic mass is 10.1. The highest BCUT2D eigenvalue weighted by atomic mass is 32.2. The van der Waals surface area contributed by atoms with Gasteiger partial charge in [-0.25, -0.2) is 12.8 Å². The fourth-order valence-corrected chi connectivity index (χ4v) is 3.34. The number of anilines is 1. The molecule has 0 aliphatic rings. The van der Waals surface area contributed by atoms with E-state index < -0.39 is 46.1 Å². The molecule has 0 saturated carbocycles. The summed E-state index contributed by atoms with van der Waals surface area (Å²) in [6, 6.07) is 8.49. The first-order chi connectivity index (χ1) is 12.9. The van der Waals surface area contributed by atoms with Crippen LogP contribution in [0.2, 0.25) is 0 Å². The molecule has 28 heavy (non-hydrogen) atoms. The van der Waals surface area contributed by atoms with Crippen molar-refractivity contribution in [2.45, 2.75) is 19.1 Å². The lowest BCUT2D eigenvalue weighted by Gasteiger charge is -2.24. The molecule has 0 radical (unpaired) electrons. The highest BCUT2D eigenvalue weighted by Gasteiger charge is 2.32. The summed E-state index contributed by atoms with van der Waals surface area (Å²) in [6.07, 6.45) is -3.86. The van der Waals surface area contributed by atoms with Gasteiger partial charge in [0.2, 0.25) is 15.9 Å². The first-order valence-corrected chi connectivity index (χ1v) is 9.92. The molecular formula is C18H18F4N2O3S. The molecule has 0 fully saturated rings. The molecule has 1 atom stereocenters. The first-order valence-electron chi connectivity index (χ1n) is 8.08. The Bertz CT molecular complexity index is 944. The van der Waals surface area contributed by atoms with E-state index in [1.165, 1.54) is 30.3 Å². The molecule has 2 aromatic rings. The van der Waals surface area contributed by atoms with Crippen molar-refractivity contribution in [2.24, 2.45) is 0 Å². The Labute approximate surface area is 160 Å². The molecule has 0 unspecified atom stereocenters. The van der Waals surface area contributed by atoms with Gasteiger partial charge < -0.3 is 5.32 Å². The summed E-state index contributed by atoms with van der Waals surface area (Å²) in [4.78, 5) is 12.3. The highest BCUT2D eigenvalue weighted by molar-refractivity contribution is 7.92. The second kappa shape index (κ2) is 8.17. The second-order valence-corrected chi connectivity index (χ2v) is 8.07. The summed E-state index contributed by atoms with van der Waals surface area (Å²) in [6.45, 7) is 0.909. The smallest absolute Gasteiger partial charge is 0.348 e. The van der Waals surface area contributed by atoms with Crippen LogP contribution in [0.3, 0.4) is 0 Å². The molecule has 0 heterocycles. The Morgan fingerprint density at radius 3 is 2.29 bits per heavy atom. The van der Waals surface area contributed by atoms with E-state index in [9.17, 15) is 30.8 Å². The maximum atomic E-state index is 13.0. The third-order valence-electron chi connectivity index (χ3n) is 3.90. The number of amides is 1. The van der Waals surface area contributed by atoms with Gasteiger partial charge >= 0.3 is 6.18 Å². The normalized spacial score (nSPS) is 13.1. The van der Waals surface area contributed by atoms with Gasteiger partial charge in [-0.05, 0) is 42.8 Å². The van der Waals surface area contributed by atoms with Crippen molar-refractivity contribution >= 4 is 21.6 Å². The molecule has 152 valence electrons. The molecule has 0 aromatic heterocycles. The zero-order valence-corrected chi connectivity index (χ0v) is 15.8. The number of alkyl halides is 3. The molecule has 0 aliphatic heterocycles. The highest BCUT2D eigenvalue weighted by Crippen LogP contribution is 2.32. The van der Waals surface area contributed by atoms with Crippen LogP contribution in [-0.4, -0.2) is 27.1 Å². The van der Waals surface area contributed by atoms with Gasteiger partial charge in [0, 0.05) is 0 Å². The van der Waals surface area contributed by atoms with Crippen molar-refractivity contribution in [3.8, 4) is 0 Å². The molecule has 2 aromatic carbocycles. The Balaban J connectivity index is 2.21. The van der Waals surface area contributed by atoms with E-state index in [1.54, 1.807) is 6.92 Å². The van der Waals surface area contributed by atoms with Crippen molar-refractivity contribution in [3.63, 3.8) is 0 Å². The van der Waals surface area contributed by atoms with Crippen LogP contribution < -0.4 is 9.62 Å². The minimum absolute atomic E-state index is 0.276. The maximum Gasteiger partial charge on any atom is 0.416 e. The van der Waals surface area contributed by atoms with Crippen molar-refractivity contribution < 1.29 is 30.8 Å². The van der Waals surface area contributed by atoms with Crippen LogP contribution in [0.15, 0.2) is 48.5 Å². The summed E-state index contributed by atoms with van der Waals surface area (Å²) >= 11 is 0. The Morgan fingerprint density at radius 1 is 1.14 bits per heavy atom. The fraction of sp³-hybridized carbons (Fsp3) is 0.278. The zero-order valence-electron chi connectivity index (χ0n) is 15.0.